The van der Waals surface area contributed by atoms with E-state index >= 15 is 0 Å². The molecular weight excluding hydrogens is 344 g/mol. The van der Waals surface area contributed by atoms with Gasteiger partial charge in [-0.3, -0.25) is 14.4 Å². The number of aliphatic hydroxyl groups excluding tert-OH is 1. The van der Waals surface area contributed by atoms with Gasteiger partial charge in [0.05, 0.1) is 17.7 Å². The minimum Gasteiger partial charge on any atom is -0.381 e. The largest absolute Gasteiger partial charge is 0.381 e. The van der Waals surface area contributed by atoms with Crippen molar-refractivity contribution in [2.45, 2.75) is 84.1 Å². The summed E-state index contributed by atoms with van der Waals surface area (Å²) in [4.78, 5) is 29.9. The van der Waals surface area contributed by atoms with Gasteiger partial charge in [-0.15, -0.1) is 0 Å². The molecule has 0 saturated heterocycles. The SMILES string of the molecule is CCCCC(C(O)C(=O)N[C@@H](CC)c1ccccc1)N(C=O)OC(C)(C)C. The van der Waals surface area contributed by atoms with Crippen molar-refractivity contribution in [3.63, 3.8) is 0 Å². The number of carbonyl (C=O) groups is 2. The molecule has 6 heteroatoms. The minimum absolute atomic E-state index is 0.201. The number of nitrogens with zero attached hydrogens (tertiary/aromatic N) is 1. The Bertz CT molecular complexity index is 571. The Morgan fingerprint density at radius 1 is 1.26 bits per heavy atom. The molecule has 27 heavy (non-hydrogen) atoms. The number of hydrogen-bond donors (Lipinski definition) is 2. The molecule has 0 spiro atoms. The lowest BCUT2D eigenvalue weighted by Gasteiger charge is -2.35. The van der Waals surface area contributed by atoms with Crippen LogP contribution >= 0.6 is 0 Å². The van der Waals surface area contributed by atoms with E-state index in [1.807, 2.05) is 65.0 Å². The number of nitrogens with one attached hydrogen (secondary N) is 1. The Labute approximate surface area is 162 Å². The van der Waals surface area contributed by atoms with Gasteiger partial charge in [0.15, 0.2) is 6.10 Å². The number of rotatable bonds is 11. The lowest BCUT2D eigenvalue weighted by Crippen LogP contribution is -2.52. The van der Waals surface area contributed by atoms with Crippen LogP contribution in [0.25, 0.3) is 0 Å². The van der Waals surface area contributed by atoms with E-state index < -0.39 is 23.7 Å². The first-order valence-corrected chi connectivity index (χ1v) is 9.69. The molecule has 0 bridgehead atoms. The van der Waals surface area contributed by atoms with Crippen LogP contribution in [0.4, 0.5) is 0 Å². The Kier molecular flexibility index (Phi) is 9.46. The zero-order chi connectivity index (χ0) is 20.4. The first-order chi connectivity index (χ1) is 12.7. The van der Waals surface area contributed by atoms with E-state index in [2.05, 4.69) is 5.32 Å². The lowest BCUT2D eigenvalue weighted by molar-refractivity contribution is -0.243. The number of aliphatic hydroxyl groups is 1. The van der Waals surface area contributed by atoms with Crippen LogP contribution in [0, 0.1) is 0 Å². The van der Waals surface area contributed by atoms with Crippen LogP contribution in [0.1, 0.15) is 71.9 Å². The third kappa shape index (κ3) is 7.69. The molecule has 1 rings (SSSR count). The van der Waals surface area contributed by atoms with Crippen molar-refractivity contribution < 1.29 is 19.5 Å². The summed E-state index contributed by atoms with van der Waals surface area (Å²) in [5.74, 6) is -0.504. The summed E-state index contributed by atoms with van der Waals surface area (Å²) in [5.41, 5.74) is 0.362. The summed E-state index contributed by atoms with van der Waals surface area (Å²) in [6, 6.07) is 8.68. The highest BCUT2D eigenvalue weighted by Crippen LogP contribution is 2.20. The molecular formula is C21H34N2O4. The lowest BCUT2D eigenvalue weighted by atomic mass is 10.0. The van der Waals surface area contributed by atoms with Crippen molar-refractivity contribution in [2.75, 3.05) is 0 Å². The maximum atomic E-state index is 12.7. The summed E-state index contributed by atoms with van der Waals surface area (Å²) in [6.07, 6.45) is 1.98. The van der Waals surface area contributed by atoms with Crippen LogP contribution in [-0.4, -0.2) is 40.2 Å². The number of hydroxylamine groups is 2. The van der Waals surface area contributed by atoms with Crippen molar-refractivity contribution in [3.05, 3.63) is 35.9 Å². The van der Waals surface area contributed by atoms with E-state index in [1.54, 1.807) is 0 Å². The molecule has 0 radical (unpaired) electrons. The topological polar surface area (TPSA) is 78.9 Å². The fourth-order valence-corrected chi connectivity index (χ4v) is 2.86. The monoisotopic (exact) mass is 378 g/mol. The van der Waals surface area contributed by atoms with Gasteiger partial charge in [-0.2, -0.15) is 0 Å². The molecule has 0 aliphatic rings. The van der Waals surface area contributed by atoms with Gasteiger partial charge in [0, 0.05) is 0 Å². The predicted molar refractivity (Wildman–Crippen MR) is 106 cm³/mol. The van der Waals surface area contributed by atoms with Crippen LogP contribution < -0.4 is 5.32 Å². The number of benzene rings is 1. The smallest absolute Gasteiger partial charge is 0.251 e. The molecule has 2 unspecified atom stereocenters. The van der Waals surface area contributed by atoms with Crippen molar-refractivity contribution in [2.24, 2.45) is 0 Å². The van der Waals surface area contributed by atoms with Gasteiger partial charge >= 0.3 is 0 Å². The average molecular weight is 379 g/mol. The van der Waals surface area contributed by atoms with E-state index in [0.717, 1.165) is 23.5 Å². The quantitative estimate of drug-likeness (QED) is 0.457. The second-order valence-corrected chi connectivity index (χ2v) is 7.70. The normalized spacial score (nSPS) is 14.9. The summed E-state index contributed by atoms with van der Waals surface area (Å²) in [6.45, 7) is 9.43. The molecule has 2 N–H and O–H groups in total. The van der Waals surface area contributed by atoms with E-state index in [1.165, 1.54) is 0 Å². The Balaban J connectivity index is 2.93. The average Bonchev–Trinajstić information content (AvgIpc) is 2.64. The summed E-state index contributed by atoms with van der Waals surface area (Å²) in [7, 11) is 0. The maximum absolute atomic E-state index is 12.7. The van der Waals surface area contributed by atoms with E-state index in [9.17, 15) is 14.7 Å². The van der Waals surface area contributed by atoms with Crippen molar-refractivity contribution in [3.8, 4) is 0 Å². The molecule has 0 fully saturated rings. The Morgan fingerprint density at radius 2 is 1.89 bits per heavy atom. The molecule has 2 amide bonds. The third-order valence-electron chi connectivity index (χ3n) is 4.22. The second kappa shape index (κ2) is 11.0. The standard InChI is InChI=1S/C21H34N2O4/c1-6-8-14-18(23(15-24)27-21(3,4)5)19(25)20(26)22-17(7-2)16-12-10-9-11-13-16/h9-13,15,17-19,25H,6-8,14H2,1-5H3,(H,22,26)/t17-,18?,19?/m0/s1. The molecule has 0 aliphatic heterocycles. The zero-order valence-electron chi connectivity index (χ0n) is 17.1. The minimum atomic E-state index is -1.37. The second-order valence-electron chi connectivity index (χ2n) is 7.70. The van der Waals surface area contributed by atoms with Gasteiger partial charge < -0.3 is 10.4 Å². The van der Waals surface area contributed by atoms with Gasteiger partial charge in [-0.25, -0.2) is 5.06 Å². The molecule has 1 aromatic rings. The molecule has 3 atom stereocenters. The Hall–Kier alpha value is -1.92. The third-order valence-corrected chi connectivity index (χ3v) is 4.22. The number of unbranched alkanes of at least 4 members (excludes halogenated alkanes) is 1. The number of hydrogen-bond acceptors (Lipinski definition) is 4. The summed E-state index contributed by atoms with van der Waals surface area (Å²) >= 11 is 0. The van der Waals surface area contributed by atoms with Crippen LogP contribution in [0.2, 0.25) is 0 Å². The van der Waals surface area contributed by atoms with Crippen LogP contribution in [0.3, 0.4) is 0 Å². The molecule has 1 aromatic carbocycles. The molecule has 0 aromatic heterocycles. The molecule has 0 saturated carbocycles. The van der Waals surface area contributed by atoms with Gasteiger partial charge in [-0.05, 0) is 39.2 Å². The van der Waals surface area contributed by atoms with Gasteiger partial charge in [0.25, 0.3) is 5.91 Å². The van der Waals surface area contributed by atoms with E-state index in [4.69, 9.17) is 4.84 Å². The van der Waals surface area contributed by atoms with Gasteiger partial charge in [-0.1, -0.05) is 57.0 Å². The summed E-state index contributed by atoms with van der Waals surface area (Å²) in [5, 5.41) is 14.7. The first-order valence-electron chi connectivity index (χ1n) is 9.69. The van der Waals surface area contributed by atoms with Crippen molar-refractivity contribution >= 4 is 12.3 Å². The van der Waals surface area contributed by atoms with Crippen molar-refractivity contribution in [1.82, 2.24) is 10.4 Å². The molecule has 0 heterocycles. The summed E-state index contributed by atoms with van der Waals surface area (Å²) < 4.78 is 0. The molecule has 6 nitrogen and oxygen atoms in total. The highest BCUT2D eigenvalue weighted by molar-refractivity contribution is 5.82. The van der Waals surface area contributed by atoms with Gasteiger partial charge in [0.2, 0.25) is 6.41 Å². The zero-order valence-corrected chi connectivity index (χ0v) is 17.1. The first kappa shape index (κ1) is 23.1. The maximum Gasteiger partial charge on any atom is 0.251 e. The number of amides is 2. The molecule has 152 valence electrons. The van der Waals surface area contributed by atoms with Crippen LogP contribution in [-0.2, 0) is 14.4 Å². The highest BCUT2D eigenvalue weighted by atomic mass is 16.7. The van der Waals surface area contributed by atoms with Crippen molar-refractivity contribution in [1.29, 1.82) is 0 Å². The van der Waals surface area contributed by atoms with Crippen LogP contribution in [0.5, 0.6) is 0 Å². The number of carbonyl (C=O) groups excluding carboxylic acids is 2. The van der Waals surface area contributed by atoms with E-state index in [0.29, 0.717) is 19.3 Å². The fraction of sp³-hybridized carbons (Fsp3) is 0.619. The fourth-order valence-electron chi connectivity index (χ4n) is 2.86. The Morgan fingerprint density at radius 3 is 2.37 bits per heavy atom. The highest BCUT2D eigenvalue weighted by Gasteiger charge is 2.34. The van der Waals surface area contributed by atoms with Gasteiger partial charge in [0.1, 0.15) is 0 Å². The molecule has 0 aliphatic carbocycles. The van der Waals surface area contributed by atoms with E-state index in [-0.39, 0.29) is 6.04 Å². The van der Waals surface area contributed by atoms with Crippen LogP contribution in [0.15, 0.2) is 30.3 Å². The predicted octanol–water partition coefficient (Wildman–Crippen LogP) is 3.36.